The van der Waals surface area contributed by atoms with Gasteiger partial charge in [-0.3, -0.25) is 10.1 Å². The van der Waals surface area contributed by atoms with Crippen molar-refractivity contribution in [3.63, 3.8) is 0 Å². The van der Waals surface area contributed by atoms with E-state index in [-0.39, 0.29) is 5.69 Å². The lowest BCUT2D eigenvalue weighted by molar-refractivity contribution is -0.384. The van der Waals surface area contributed by atoms with Crippen LogP contribution in [0.5, 0.6) is 0 Å². The number of anilines is 1. The number of nitrogens with zero attached hydrogens (tertiary/aromatic N) is 3. The van der Waals surface area contributed by atoms with E-state index in [1.165, 1.54) is 24.8 Å². The topological polar surface area (TPSA) is 71.3 Å². The average Bonchev–Trinajstić information content (AvgIpc) is 2.30. The fourth-order valence-corrected chi connectivity index (χ4v) is 1.76. The van der Waals surface area contributed by atoms with Crippen LogP contribution in [-0.4, -0.2) is 28.0 Å². The van der Waals surface area contributed by atoms with Gasteiger partial charge in [-0.1, -0.05) is 6.42 Å². The van der Waals surface area contributed by atoms with Gasteiger partial charge in [0, 0.05) is 25.4 Å². The maximum Gasteiger partial charge on any atom is 0.274 e. The lowest BCUT2D eigenvalue weighted by Crippen LogP contribution is -2.35. The maximum atomic E-state index is 10.6. The molecule has 16 heavy (non-hydrogen) atoms. The second-order valence-electron chi connectivity index (χ2n) is 3.82. The van der Waals surface area contributed by atoms with Crippen LogP contribution in [0.15, 0.2) is 18.3 Å². The van der Waals surface area contributed by atoms with E-state index in [0.29, 0.717) is 5.82 Å². The number of nitrogens with one attached hydrogen (secondary N) is 1. The molecule has 1 N–H and O–H groups in total. The predicted octanol–water partition coefficient (Wildman–Crippen LogP) is 1.80. The van der Waals surface area contributed by atoms with Crippen LogP contribution in [0.3, 0.4) is 0 Å². The van der Waals surface area contributed by atoms with Crippen molar-refractivity contribution >= 4 is 11.5 Å². The molecule has 1 saturated heterocycles. The molecule has 1 aromatic rings. The highest BCUT2D eigenvalue weighted by atomic mass is 16.6. The molecule has 1 fully saturated rings. The lowest BCUT2D eigenvalue weighted by atomic mass is 10.2. The highest BCUT2D eigenvalue weighted by molar-refractivity contribution is 5.43. The molecule has 0 atom stereocenters. The third-order valence-corrected chi connectivity index (χ3v) is 2.58. The van der Waals surface area contributed by atoms with Gasteiger partial charge >= 0.3 is 0 Å². The van der Waals surface area contributed by atoms with Gasteiger partial charge in [-0.15, -0.1) is 0 Å². The highest BCUT2D eigenvalue weighted by Gasteiger charge is 2.12. The van der Waals surface area contributed by atoms with Crippen molar-refractivity contribution in [2.75, 3.05) is 18.5 Å². The normalized spacial score (nSPS) is 17.0. The summed E-state index contributed by atoms with van der Waals surface area (Å²) >= 11 is 0. The molecule has 0 saturated carbocycles. The molecule has 6 nitrogen and oxygen atoms in total. The predicted molar refractivity (Wildman–Crippen MR) is 59.9 cm³/mol. The first-order chi connectivity index (χ1) is 7.75. The minimum Gasteiger partial charge on any atom is -0.303 e. The molecule has 0 radical (unpaired) electrons. The zero-order valence-electron chi connectivity index (χ0n) is 8.93. The number of aromatic nitrogens is 1. The van der Waals surface area contributed by atoms with Gasteiger partial charge in [-0.25, -0.2) is 9.99 Å². The van der Waals surface area contributed by atoms with Crippen molar-refractivity contribution < 1.29 is 4.92 Å². The smallest absolute Gasteiger partial charge is 0.274 e. The molecule has 2 rings (SSSR count). The first kappa shape index (κ1) is 10.8. The fourth-order valence-electron chi connectivity index (χ4n) is 1.76. The van der Waals surface area contributed by atoms with Gasteiger partial charge in [0.1, 0.15) is 5.82 Å². The monoisotopic (exact) mass is 222 g/mol. The van der Waals surface area contributed by atoms with E-state index in [4.69, 9.17) is 0 Å². The number of pyridine rings is 1. The Morgan fingerprint density at radius 1 is 1.38 bits per heavy atom. The van der Waals surface area contributed by atoms with E-state index < -0.39 is 4.92 Å². The zero-order valence-corrected chi connectivity index (χ0v) is 8.93. The van der Waals surface area contributed by atoms with E-state index in [9.17, 15) is 10.1 Å². The van der Waals surface area contributed by atoms with Crippen molar-refractivity contribution in [3.05, 3.63) is 28.4 Å². The van der Waals surface area contributed by atoms with Crippen LogP contribution in [0.4, 0.5) is 11.5 Å². The Labute approximate surface area is 93.4 Å². The van der Waals surface area contributed by atoms with Crippen LogP contribution in [0.1, 0.15) is 19.3 Å². The molecule has 0 bridgehead atoms. The summed E-state index contributed by atoms with van der Waals surface area (Å²) in [6.07, 6.45) is 5.01. The lowest BCUT2D eigenvalue weighted by Gasteiger charge is -2.27. The maximum absolute atomic E-state index is 10.6. The number of piperidine rings is 1. The van der Waals surface area contributed by atoms with Crippen molar-refractivity contribution in [1.29, 1.82) is 0 Å². The highest BCUT2D eigenvalue weighted by Crippen LogP contribution is 2.16. The molecule has 0 spiro atoms. The first-order valence-electron chi connectivity index (χ1n) is 5.38. The van der Waals surface area contributed by atoms with Crippen LogP contribution in [-0.2, 0) is 0 Å². The van der Waals surface area contributed by atoms with Crippen molar-refractivity contribution in [1.82, 2.24) is 9.99 Å². The molecular weight excluding hydrogens is 208 g/mol. The second-order valence-corrected chi connectivity index (χ2v) is 3.82. The summed E-state index contributed by atoms with van der Waals surface area (Å²) in [6, 6.07) is 2.84. The third kappa shape index (κ3) is 2.66. The molecule has 0 amide bonds. The molecule has 86 valence electrons. The van der Waals surface area contributed by atoms with Crippen LogP contribution in [0.25, 0.3) is 0 Å². The van der Waals surface area contributed by atoms with Gasteiger partial charge in [0.05, 0.1) is 11.0 Å². The fraction of sp³-hybridized carbons (Fsp3) is 0.500. The zero-order chi connectivity index (χ0) is 11.4. The van der Waals surface area contributed by atoms with E-state index >= 15 is 0 Å². The Morgan fingerprint density at radius 2 is 2.12 bits per heavy atom. The van der Waals surface area contributed by atoms with Crippen molar-refractivity contribution in [2.24, 2.45) is 0 Å². The van der Waals surface area contributed by atoms with Gasteiger partial charge in [-0.2, -0.15) is 0 Å². The largest absolute Gasteiger partial charge is 0.303 e. The Balaban J connectivity index is 2.02. The third-order valence-electron chi connectivity index (χ3n) is 2.58. The summed E-state index contributed by atoms with van der Waals surface area (Å²) in [7, 11) is 0. The molecule has 0 aliphatic carbocycles. The average molecular weight is 222 g/mol. The Bertz CT molecular complexity index is 377. The summed E-state index contributed by atoms with van der Waals surface area (Å²) < 4.78 is 0. The number of hydrogen-bond donors (Lipinski definition) is 1. The molecule has 1 aliphatic heterocycles. The molecule has 1 aromatic heterocycles. The van der Waals surface area contributed by atoms with E-state index in [0.717, 1.165) is 25.9 Å². The Kier molecular flexibility index (Phi) is 3.31. The van der Waals surface area contributed by atoms with Crippen LogP contribution in [0.2, 0.25) is 0 Å². The molecular formula is C10H14N4O2. The summed E-state index contributed by atoms with van der Waals surface area (Å²) in [5, 5.41) is 12.6. The minimum atomic E-state index is -0.414. The number of hydrogen-bond acceptors (Lipinski definition) is 5. The summed E-state index contributed by atoms with van der Waals surface area (Å²) in [5.74, 6) is 0.538. The standard InChI is InChI=1S/C10H14N4O2/c15-14(16)9-4-5-11-10(8-9)12-13-6-2-1-3-7-13/h4-5,8H,1-3,6-7H2,(H,11,12). The van der Waals surface area contributed by atoms with Crippen LogP contribution in [0, 0.1) is 10.1 Å². The minimum absolute atomic E-state index is 0.0644. The molecule has 1 aliphatic rings. The Hall–Kier alpha value is -1.69. The van der Waals surface area contributed by atoms with E-state index in [1.54, 1.807) is 0 Å². The quantitative estimate of drug-likeness (QED) is 0.623. The van der Waals surface area contributed by atoms with Gasteiger partial charge in [0.15, 0.2) is 0 Å². The number of nitro groups is 1. The SMILES string of the molecule is O=[N+]([O-])c1ccnc(NN2CCCCC2)c1. The Morgan fingerprint density at radius 3 is 2.81 bits per heavy atom. The van der Waals surface area contributed by atoms with Gasteiger partial charge in [0.25, 0.3) is 5.69 Å². The summed E-state index contributed by atoms with van der Waals surface area (Å²) in [5.41, 5.74) is 3.16. The summed E-state index contributed by atoms with van der Waals surface area (Å²) in [4.78, 5) is 14.2. The van der Waals surface area contributed by atoms with Crippen molar-refractivity contribution in [3.8, 4) is 0 Å². The first-order valence-corrected chi connectivity index (χ1v) is 5.38. The van der Waals surface area contributed by atoms with Crippen LogP contribution >= 0.6 is 0 Å². The van der Waals surface area contributed by atoms with Gasteiger partial charge in [0.2, 0.25) is 0 Å². The number of rotatable bonds is 3. The van der Waals surface area contributed by atoms with Gasteiger partial charge < -0.3 is 5.43 Å². The molecule has 0 aromatic carbocycles. The van der Waals surface area contributed by atoms with Crippen molar-refractivity contribution in [2.45, 2.75) is 19.3 Å². The molecule has 2 heterocycles. The second kappa shape index (κ2) is 4.89. The van der Waals surface area contributed by atoms with Gasteiger partial charge in [-0.05, 0) is 12.8 Å². The summed E-state index contributed by atoms with van der Waals surface area (Å²) in [6.45, 7) is 1.93. The number of hydrazine groups is 1. The molecule has 0 unspecified atom stereocenters. The van der Waals surface area contributed by atoms with E-state index in [1.807, 2.05) is 0 Å². The van der Waals surface area contributed by atoms with Crippen LogP contribution < -0.4 is 5.43 Å². The van der Waals surface area contributed by atoms with E-state index in [2.05, 4.69) is 15.4 Å². The molecule has 6 heteroatoms.